The monoisotopic (exact) mass is 372 g/mol. The van der Waals surface area contributed by atoms with Crippen LogP contribution in [-0.4, -0.2) is 31.8 Å². The number of anilines is 1. The smallest absolute Gasteiger partial charge is 0.338 e. The highest BCUT2D eigenvalue weighted by molar-refractivity contribution is 7.80. The minimum atomic E-state index is -0.358. The number of benzene rings is 2. The zero-order chi connectivity index (χ0) is 18.9. The molecule has 0 aliphatic heterocycles. The topological polar surface area (TPSA) is 59.6 Å². The maximum absolute atomic E-state index is 11.8. The summed E-state index contributed by atoms with van der Waals surface area (Å²) in [6, 6.07) is 13.5. The Morgan fingerprint density at radius 1 is 1.15 bits per heavy atom. The minimum Gasteiger partial charge on any atom is -0.497 e. The van der Waals surface area contributed by atoms with Gasteiger partial charge >= 0.3 is 5.97 Å². The number of carbonyl (C=O) groups excluding carboxylic acids is 1. The van der Waals surface area contributed by atoms with Crippen molar-refractivity contribution >= 4 is 29.0 Å². The predicted octanol–water partition coefficient (Wildman–Crippen LogP) is 3.71. The van der Waals surface area contributed by atoms with Crippen molar-refractivity contribution in [2.75, 3.05) is 26.1 Å². The minimum absolute atomic E-state index is 0.358. The number of rotatable bonds is 7. The second kappa shape index (κ2) is 9.77. The second-order valence-corrected chi connectivity index (χ2v) is 6.21. The summed E-state index contributed by atoms with van der Waals surface area (Å²) in [4.78, 5) is 11.8. The van der Waals surface area contributed by atoms with E-state index in [-0.39, 0.29) is 5.97 Å². The zero-order valence-electron chi connectivity index (χ0n) is 15.3. The van der Waals surface area contributed by atoms with E-state index in [9.17, 15) is 4.79 Å². The van der Waals surface area contributed by atoms with E-state index in [0.29, 0.717) is 10.7 Å². The second-order valence-electron chi connectivity index (χ2n) is 5.81. The highest BCUT2D eigenvalue weighted by Gasteiger charge is 2.12. The van der Waals surface area contributed by atoms with E-state index in [4.69, 9.17) is 21.7 Å². The molecule has 0 heterocycles. The van der Waals surface area contributed by atoms with Crippen molar-refractivity contribution in [2.24, 2.45) is 0 Å². The van der Waals surface area contributed by atoms with E-state index in [0.717, 1.165) is 36.4 Å². The van der Waals surface area contributed by atoms with Crippen LogP contribution in [0.3, 0.4) is 0 Å². The van der Waals surface area contributed by atoms with Gasteiger partial charge in [-0.1, -0.05) is 18.2 Å². The quantitative estimate of drug-likeness (QED) is 0.439. The lowest BCUT2D eigenvalue weighted by molar-refractivity contribution is 0.0600. The Morgan fingerprint density at radius 3 is 2.65 bits per heavy atom. The van der Waals surface area contributed by atoms with Gasteiger partial charge in [0.2, 0.25) is 0 Å². The highest BCUT2D eigenvalue weighted by Crippen LogP contribution is 2.19. The molecule has 0 aliphatic carbocycles. The van der Waals surface area contributed by atoms with Crippen LogP contribution >= 0.6 is 12.2 Å². The molecule has 2 rings (SSSR count). The maximum Gasteiger partial charge on any atom is 0.338 e. The van der Waals surface area contributed by atoms with Crippen molar-refractivity contribution in [1.29, 1.82) is 0 Å². The molecule has 0 spiro atoms. The maximum atomic E-state index is 11.8. The summed E-state index contributed by atoms with van der Waals surface area (Å²) < 4.78 is 10.0. The van der Waals surface area contributed by atoms with Gasteiger partial charge in [-0.3, -0.25) is 0 Å². The van der Waals surface area contributed by atoms with Gasteiger partial charge < -0.3 is 20.1 Å². The molecule has 0 atom stereocenters. The van der Waals surface area contributed by atoms with Crippen LogP contribution in [0.4, 0.5) is 5.69 Å². The van der Waals surface area contributed by atoms with E-state index >= 15 is 0 Å². The van der Waals surface area contributed by atoms with Crippen LogP contribution in [0.1, 0.15) is 27.9 Å². The predicted molar refractivity (Wildman–Crippen MR) is 108 cm³/mol. The van der Waals surface area contributed by atoms with Gasteiger partial charge in [-0.15, -0.1) is 0 Å². The van der Waals surface area contributed by atoms with Crippen LogP contribution in [0.2, 0.25) is 0 Å². The third kappa shape index (κ3) is 5.46. The number of thiocarbonyl (C=S) groups is 1. The molecule has 0 fully saturated rings. The Kier molecular flexibility index (Phi) is 7.41. The van der Waals surface area contributed by atoms with Crippen molar-refractivity contribution in [2.45, 2.75) is 19.8 Å². The Bertz CT molecular complexity index is 777. The molecule has 6 heteroatoms. The van der Waals surface area contributed by atoms with E-state index in [2.05, 4.69) is 16.7 Å². The van der Waals surface area contributed by atoms with Crippen molar-refractivity contribution in [3.63, 3.8) is 0 Å². The largest absolute Gasteiger partial charge is 0.497 e. The fourth-order valence-corrected chi connectivity index (χ4v) is 2.80. The van der Waals surface area contributed by atoms with Gasteiger partial charge in [0.25, 0.3) is 0 Å². The molecule has 0 bridgehead atoms. The van der Waals surface area contributed by atoms with E-state index in [1.165, 1.54) is 12.7 Å². The Labute approximate surface area is 159 Å². The molecule has 0 saturated heterocycles. The van der Waals surface area contributed by atoms with Gasteiger partial charge in [0.1, 0.15) is 5.75 Å². The number of hydrogen-bond acceptors (Lipinski definition) is 4. The number of hydrogen-bond donors (Lipinski definition) is 2. The Balaban J connectivity index is 1.83. The summed E-state index contributed by atoms with van der Waals surface area (Å²) in [5, 5.41) is 6.86. The number of methoxy groups -OCH3 is 2. The van der Waals surface area contributed by atoms with Gasteiger partial charge in [0, 0.05) is 12.2 Å². The lowest BCUT2D eigenvalue weighted by atomic mass is 10.1. The molecule has 138 valence electrons. The van der Waals surface area contributed by atoms with Gasteiger partial charge in [0.15, 0.2) is 5.11 Å². The van der Waals surface area contributed by atoms with Gasteiger partial charge in [-0.25, -0.2) is 4.79 Å². The van der Waals surface area contributed by atoms with E-state index in [1.807, 2.05) is 31.2 Å². The molecule has 0 radical (unpaired) electrons. The fraction of sp³-hybridized carbons (Fsp3) is 0.300. The molecule has 26 heavy (non-hydrogen) atoms. The molecule has 2 N–H and O–H groups in total. The molecule has 0 amide bonds. The lowest BCUT2D eigenvalue weighted by Crippen LogP contribution is -2.30. The standard InChI is InChI=1S/C20H24N2O3S/c1-14-17(19(23)25-3)10-5-11-18(14)22-20(26)21-12-6-8-15-7-4-9-16(13-15)24-2/h4-5,7,9-11,13H,6,8,12H2,1-3H3,(H2,21,22,26). The first-order valence-corrected chi connectivity index (χ1v) is 8.81. The van der Waals surface area contributed by atoms with Gasteiger partial charge in [-0.2, -0.15) is 0 Å². The summed E-state index contributed by atoms with van der Waals surface area (Å²) in [5.74, 6) is 0.511. The molecular formula is C20H24N2O3S. The average Bonchev–Trinajstić information content (AvgIpc) is 2.66. The first kappa shape index (κ1) is 19.7. The SMILES string of the molecule is COC(=O)c1cccc(NC(=S)NCCCc2cccc(OC)c2)c1C. The van der Waals surface area contributed by atoms with Crippen LogP contribution in [0, 0.1) is 6.92 Å². The number of nitrogens with one attached hydrogen (secondary N) is 2. The summed E-state index contributed by atoms with van der Waals surface area (Å²) in [6.45, 7) is 2.61. The van der Waals surface area contributed by atoms with E-state index in [1.54, 1.807) is 19.2 Å². The molecule has 2 aromatic carbocycles. The number of ether oxygens (including phenoxy) is 2. The van der Waals surface area contributed by atoms with Crippen LogP contribution in [0.25, 0.3) is 0 Å². The fourth-order valence-electron chi connectivity index (χ4n) is 2.59. The first-order valence-electron chi connectivity index (χ1n) is 8.41. The molecule has 0 unspecified atom stereocenters. The van der Waals surface area contributed by atoms with Crippen molar-refractivity contribution < 1.29 is 14.3 Å². The molecule has 0 aromatic heterocycles. The molecule has 0 aliphatic rings. The number of aryl methyl sites for hydroxylation is 1. The zero-order valence-corrected chi connectivity index (χ0v) is 16.1. The molecular weight excluding hydrogens is 348 g/mol. The van der Waals surface area contributed by atoms with Gasteiger partial charge in [0.05, 0.1) is 19.8 Å². The van der Waals surface area contributed by atoms with Crippen LogP contribution in [0.5, 0.6) is 5.75 Å². The van der Waals surface area contributed by atoms with Crippen LogP contribution in [0.15, 0.2) is 42.5 Å². The van der Waals surface area contributed by atoms with Gasteiger partial charge in [-0.05, 0) is 67.4 Å². The lowest BCUT2D eigenvalue weighted by Gasteiger charge is -2.14. The molecule has 2 aromatic rings. The highest BCUT2D eigenvalue weighted by atomic mass is 32.1. The van der Waals surface area contributed by atoms with Crippen molar-refractivity contribution in [3.05, 3.63) is 59.2 Å². The van der Waals surface area contributed by atoms with Crippen molar-refractivity contribution in [3.8, 4) is 5.75 Å². The summed E-state index contributed by atoms with van der Waals surface area (Å²) in [7, 11) is 3.04. The number of esters is 1. The summed E-state index contributed by atoms with van der Waals surface area (Å²) in [5.41, 5.74) is 3.35. The van der Waals surface area contributed by atoms with Crippen molar-refractivity contribution in [1.82, 2.24) is 5.32 Å². The Morgan fingerprint density at radius 2 is 1.92 bits per heavy atom. The first-order chi connectivity index (χ1) is 12.5. The van der Waals surface area contributed by atoms with Crippen LogP contribution < -0.4 is 15.4 Å². The average molecular weight is 372 g/mol. The normalized spacial score (nSPS) is 10.1. The third-order valence-corrected chi connectivity index (χ3v) is 4.30. The summed E-state index contributed by atoms with van der Waals surface area (Å²) >= 11 is 5.34. The third-order valence-electron chi connectivity index (χ3n) is 4.05. The molecule has 0 saturated carbocycles. The Hall–Kier alpha value is -2.60. The van der Waals surface area contributed by atoms with E-state index < -0.39 is 0 Å². The summed E-state index contributed by atoms with van der Waals surface area (Å²) in [6.07, 6.45) is 1.87. The molecule has 5 nitrogen and oxygen atoms in total. The number of carbonyl (C=O) groups is 1. The van der Waals surface area contributed by atoms with Crippen LogP contribution in [-0.2, 0) is 11.2 Å².